The van der Waals surface area contributed by atoms with Crippen LogP contribution in [0.15, 0.2) is 79.1 Å². The highest BCUT2D eigenvalue weighted by atomic mass is 32.1. The van der Waals surface area contributed by atoms with E-state index in [1.165, 1.54) is 16.7 Å². The lowest BCUT2D eigenvalue weighted by atomic mass is 10.1. The highest BCUT2D eigenvalue weighted by Gasteiger charge is 2.15. The molecule has 5 nitrogen and oxygen atoms in total. The van der Waals surface area contributed by atoms with Crippen LogP contribution in [-0.4, -0.2) is 59.3 Å². The van der Waals surface area contributed by atoms with Crippen LogP contribution in [0.1, 0.15) is 5.56 Å². The van der Waals surface area contributed by atoms with Gasteiger partial charge >= 0.3 is 0 Å². The van der Waals surface area contributed by atoms with Crippen molar-refractivity contribution in [2.75, 3.05) is 44.7 Å². The van der Waals surface area contributed by atoms with Gasteiger partial charge in [0.25, 0.3) is 0 Å². The number of rotatable bonds is 7. The highest BCUT2D eigenvalue weighted by molar-refractivity contribution is 7.80. The summed E-state index contributed by atoms with van der Waals surface area (Å²) in [5.74, 6) is 0. The number of benzene rings is 2. The molecule has 0 saturated carbocycles. The molecule has 2 heterocycles. The first-order valence-corrected chi connectivity index (χ1v) is 11.1. The largest absolute Gasteiger partial charge is 0.379 e. The van der Waals surface area contributed by atoms with Crippen molar-refractivity contribution in [1.82, 2.24) is 14.8 Å². The molecule has 6 heteroatoms. The number of nitrogens with one attached hydrogen (secondary N) is 1. The van der Waals surface area contributed by atoms with Crippen molar-refractivity contribution in [3.05, 3.63) is 84.7 Å². The SMILES string of the molecule is S=C(Nc1ccc(-c2ccccc2)cc1)N(CCN1CCOCC1)Cc1ccncc1. The molecule has 2 aromatic carbocycles. The third-order valence-electron chi connectivity index (χ3n) is 5.44. The minimum atomic E-state index is 0.734. The van der Waals surface area contributed by atoms with Crippen molar-refractivity contribution < 1.29 is 4.74 Å². The molecule has 160 valence electrons. The fourth-order valence-corrected chi connectivity index (χ4v) is 3.90. The minimum Gasteiger partial charge on any atom is -0.379 e. The first-order chi connectivity index (χ1) is 15.3. The molecule has 1 saturated heterocycles. The molecule has 0 radical (unpaired) electrons. The summed E-state index contributed by atoms with van der Waals surface area (Å²) in [7, 11) is 0. The summed E-state index contributed by atoms with van der Waals surface area (Å²) in [6.45, 7) is 6.14. The molecule has 1 aliphatic heterocycles. The molecular formula is C25H28N4OS. The Labute approximate surface area is 189 Å². The molecule has 1 aliphatic rings. The van der Waals surface area contributed by atoms with E-state index in [4.69, 9.17) is 17.0 Å². The summed E-state index contributed by atoms with van der Waals surface area (Å²) in [6.07, 6.45) is 3.66. The average molecular weight is 433 g/mol. The predicted molar refractivity (Wildman–Crippen MR) is 130 cm³/mol. The minimum absolute atomic E-state index is 0.734. The third kappa shape index (κ3) is 6.34. The van der Waals surface area contributed by atoms with Gasteiger partial charge in [-0.05, 0) is 53.2 Å². The molecule has 0 aliphatic carbocycles. The monoisotopic (exact) mass is 432 g/mol. The van der Waals surface area contributed by atoms with Crippen LogP contribution in [0.25, 0.3) is 11.1 Å². The Morgan fingerprint density at radius 1 is 0.935 bits per heavy atom. The van der Waals surface area contributed by atoms with E-state index in [9.17, 15) is 0 Å². The molecule has 0 bridgehead atoms. The summed E-state index contributed by atoms with van der Waals surface area (Å²) in [5, 5.41) is 4.16. The van der Waals surface area contributed by atoms with Crippen molar-refractivity contribution in [3.63, 3.8) is 0 Å². The fraction of sp³-hybridized carbons (Fsp3) is 0.280. The second-order valence-electron chi connectivity index (χ2n) is 7.60. The van der Waals surface area contributed by atoms with Gasteiger partial charge in [0, 0.05) is 50.8 Å². The zero-order chi connectivity index (χ0) is 21.3. The number of aromatic nitrogens is 1. The van der Waals surface area contributed by atoms with E-state index in [-0.39, 0.29) is 0 Å². The maximum absolute atomic E-state index is 5.81. The Kier molecular flexibility index (Phi) is 7.60. The van der Waals surface area contributed by atoms with Gasteiger partial charge in [-0.25, -0.2) is 0 Å². The average Bonchev–Trinajstić information content (AvgIpc) is 2.84. The van der Waals surface area contributed by atoms with Crippen LogP contribution in [0.2, 0.25) is 0 Å². The van der Waals surface area contributed by atoms with E-state index in [1.54, 1.807) is 0 Å². The van der Waals surface area contributed by atoms with E-state index >= 15 is 0 Å². The Morgan fingerprint density at radius 2 is 1.61 bits per heavy atom. The summed E-state index contributed by atoms with van der Waals surface area (Å²) in [4.78, 5) is 8.79. The predicted octanol–water partition coefficient (Wildman–Crippen LogP) is 4.28. The van der Waals surface area contributed by atoms with Crippen molar-refractivity contribution in [2.24, 2.45) is 0 Å². The molecule has 0 amide bonds. The van der Waals surface area contributed by atoms with Gasteiger partial charge in [0.15, 0.2) is 5.11 Å². The van der Waals surface area contributed by atoms with Gasteiger partial charge in [-0.1, -0.05) is 42.5 Å². The van der Waals surface area contributed by atoms with E-state index < -0.39 is 0 Å². The van der Waals surface area contributed by atoms with Crippen LogP contribution >= 0.6 is 12.2 Å². The van der Waals surface area contributed by atoms with E-state index in [0.717, 1.165) is 56.7 Å². The zero-order valence-corrected chi connectivity index (χ0v) is 18.4. The van der Waals surface area contributed by atoms with Crippen molar-refractivity contribution >= 4 is 23.0 Å². The summed E-state index contributed by atoms with van der Waals surface area (Å²) in [6, 6.07) is 22.9. The van der Waals surface area contributed by atoms with Crippen LogP contribution in [0.3, 0.4) is 0 Å². The number of morpholine rings is 1. The maximum atomic E-state index is 5.81. The van der Waals surface area contributed by atoms with Gasteiger partial charge < -0.3 is 15.0 Å². The smallest absolute Gasteiger partial charge is 0.173 e. The van der Waals surface area contributed by atoms with Gasteiger partial charge in [-0.2, -0.15) is 0 Å². The molecule has 3 aromatic rings. The number of nitrogens with zero attached hydrogens (tertiary/aromatic N) is 3. The first kappa shape index (κ1) is 21.4. The molecule has 31 heavy (non-hydrogen) atoms. The topological polar surface area (TPSA) is 40.6 Å². The van der Waals surface area contributed by atoms with Gasteiger partial charge in [-0.3, -0.25) is 9.88 Å². The van der Waals surface area contributed by atoms with Crippen molar-refractivity contribution in [1.29, 1.82) is 0 Å². The number of ether oxygens (including phenoxy) is 1. The van der Waals surface area contributed by atoms with Gasteiger partial charge in [0.2, 0.25) is 0 Å². The summed E-state index contributed by atoms with van der Waals surface area (Å²) >= 11 is 5.81. The number of thiocarbonyl (C=S) groups is 1. The van der Waals surface area contributed by atoms with Crippen LogP contribution in [-0.2, 0) is 11.3 Å². The van der Waals surface area contributed by atoms with Gasteiger partial charge in [-0.15, -0.1) is 0 Å². The summed E-state index contributed by atoms with van der Waals surface area (Å²) in [5.41, 5.74) is 4.59. The molecule has 1 fully saturated rings. The normalized spacial score (nSPS) is 14.2. The first-order valence-electron chi connectivity index (χ1n) is 10.7. The van der Waals surface area contributed by atoms with E-state index in [2.05, 4.69) is 68.6 Å². The Hall–Kier alpha value is -2.80. The molecule has 1 aromatic heterocycles. The molecule has 1 N–H and O–H groups in total. The van der Waals surface area contributed by atoms with Crippen LogP contribution in [0.5, 0.6) is 0 Å². The van der Waals surface area contributed by atoms with Crippen LogP contribution in [0.4, 0.5) is 5.69 Å². The van der Waals surface area contributed by atoms with E-state index in [0.29, 0.717) is 0 Å². The molecule has 0 atom stereocenters. The summed E-state index contributed by atoms with van der Waals surface area (Å²) < 4.78 is 5.47. The standard InChI is InChI=1S/C25H28N4OS/c31-25(27-24-8-6-23(7-9-24)22-4-2-1-3-5-22)29(20-21-10-12-26-13-11-21)15-14-28-16-18-30-19-17-28/h1-13H,14-20H2,(H,27,31). The maximum Gasteiger partial charge on any atom is 0.173 e. The van der Waals surface area contributed by atoms with Crippen LogP contribution in [0, 0.1) is 0 Å². The Morgan fingerprint density at radius 3 is 2.32 bits per heavy atom. The second kappa shape index (κ2) is 11.0. The number of hydrogen-bond donors (Lipinski definition) is 1. The lowest BCUT2D eigenvalue weighted by Crippen LogP contribution is -2.43. The Bertz CT molecular complexity index is 944. The highest BCUT2D eigenvalue weighted by Crippen LogP contribution is 2.21. The quantitative estimate of drug-likeness (QED) is 0.562. The van der Waals surface area contributed by atoms with Crippen molar-refractivity contribution in [3.8, 4) is 11.1 Å². The Balaban J connectivity index is 1.41. The van der Waals surface area contributed by atoms with Gasteiger partial charge in [0.1, 0.15) is 0 Å². The molecular weight excluding hydrogens is 404 g/mol. The zero-order valence-electron chi connectivity index (χ0n) is 17.6. The fourth-order valence-electron chi connectivity index (χ4n) is 3.63. The molecule has 0 spiro atoms. The van der Waals surface area contributed by atoms with Crippen molar-refractivity contribution in [2.45, 2.75) is 6.54 Å². The molecule has 0 unspecified atom stereocenters. The lowest BCUT2D eigenvalue weighted by Gasteiger charge is -2.31. The van der Waals surface area contributed by atoms with Gasteiger partial charge in [0.05, 0.1) is 13.2 Å². The van der Waals surface area contributed by atoms with Crippen LogP contribution < -0.4 is 5.32 Å². The lowest BCUT2D eigenvalue weighted by molar-refractivity contribution is 0.0358. The second-order valence-corrected chi connectivity index (χ2v) is 7.99. The third-order valence-corrected chi connectivity index (χ3v) is 5.80. The molecule has 4 rings (SSSR count). The number of hydrogen-bond acceptors (Lipinski definition) is 4. The van der Waals surface area contributed by atoms with E-state index in [1.807, 2.05) is 30.6 Å². The number of anilines is 1. The number of pyridine rings is 1.